The molecule has 3 rings (SSSR count). The summed E-state index contributed by atoms with van der Waals surface area (Å²) < 4.78 is 35.8. The van der Waals surface area contributed by atoms with Crippen molar-refractivity contribution < 1.29 is 105 Å². The molecule has 248 valence electrons. The molecule has 3 aliphatic heterocycles. The van der Waals surface area contributed by atoms with Crippen molar-refractivity contribution in [3.63, 3.8) is 0 Å². The Morgan fingerprint density at radius 3 is 2.41 bits per heavy atom. The Morgan fingerprint density at radius 1 is 1.09 bits per heavy atom. The summed E-state index contributed by atoms with van der Waals surface area (Å²) >= 11 is 0. The maximum atomic E-state index is 13.4. The molecule has 11 atom stereocenters. The zero-order valence-electron chi connectivity index (χ0n) is 27.7. The van der Waals surface area contributed by atoms with E-state index in [0.29, 0.717) is 19.3 Å². The summed E-state index contributed by atoms with van der Waals surface area (Å²) in [6.45, 7) is 9.87. The number of fused-ring (bicyclic) bond motifs is 1. The average Bonchev–Trinajstić information content (AvgIpc) is 2.95. The minimum absolute atomic E-state index is 0. The zero-order valence-corrected chi connectivity index (χ0v) is 30.8. The van der Waals surface area contributed by atoms with Gasteiger partial charge in [0.05, 0.1) is 24.4 Å². The average molecular weight is 654 g/mol. The van der Waals surface area contributed by atoms with Gasteiger partial charge in [0.25, 0.3) is 5.91 Å². The molecule has 1 amide bonds. The molecule has 3 N–H and O–H groups in total. The van der Waals surface area contributed by atoms with E-state index < -0.39 is 65.9 Å². The van der Waals surface area contributed by atoms with Gasteiger partial charge in [-0.05, 0) is 44.4 Å². The number of unbranched alkanes of at least 4 members (excludes halogenated alkanes) is 3. The van der Waals surface area contributed by atoms with Crippen molar-refractivity contribution in [2.75, 3.05) is 21.0 Å². The van der Waals surface area contributed by atoms with Crippen LogP contribution in [0.3, 0.4) is 0 Å². The Kier molecular flexibility index (Phi) is 16.4. The number of carboxylic acid groups (broad SMARTS) is 1. The third-order valence-electron chi connectivity index (χ3n) is 9.56. The number of carboxylic acids is 1. The van der Waals surface area contributed by atoms with Crippen molar-refractivity contribution in [3.05, 3.63) is 12.2 Å². The van der Waals surface area contributed by atoms with Crippen molar-refractivity contribution in [1.82, 2.24) is 5.32 Å². The van der Waals surface area contributed by atoms with E-state index in [1.54, 1.807) is 13.2 Å². The predicted octanol–water partition coefficient (Wildman–Crippen LogP) is -1.59. The van der Waals surface area contributed by atoms with E-state index in [0.717, 1.165) is 12.8 Å². The van der Waals surface area contributed by atoms with Crippen molar-refractivity contribution in [2.45, 2.75) is 134 Å². The number of amides is 1. The number of aliphatic carboxylic acids is 1. The topological polar surface area (TPSA) is 165 Å². The summed E-state index contributed by atoms with van der Waals surface area (Å²) in [4.78, 5) is 24.0. The van der Waals surface area contributed by atoms with E-state index >= 15 is 0 Å². The number of rotatable bonds is 14. The molecule has 0 aromatic rings. The maximum absolute atomic E-state index is 13.4. The first-order chi connectivity index (χ1) is 20.3. The Labute approximate surface area is 304 Å². The van der Waals surface area contributed by atoms with Gasteiger partial charge < -0.3 is 53.9 Å². The molecule has 13 heteroatoms. The van der Waals surface area contributed by atoms with E-state index in [1.165, 1.54) is 7.11 Å². The fourth-order valence-electron chi connectivity index (χ4n) is 6.52. The maximum Gasteiger partial charge on any atom is 1.00 e. The number of allylic oxidation sites excluding steroid dienone is 1. The second kappa shape index (κ2) is 18.0. The normalized spacial score (nSPS) is 36.6. The van der Waals surface area contributed by atoms with Crippen LogP contribution in [-0.4, -0.2) is 97.8 Å². The van der Waals surface area contributed by atoms with Crippen LogP contribution in [0.4, 0.5) is 0 Å². The molecule has 0 aromatic heterocycles. The van der Waals surface area contributed by atoms with Gasteiger partial charge in [-0.2, -0.15) is 0 Å². The summed E-state index contributed by atoms with van der Waals surface area (Å²) in [6, 6.07) is 0. The van der Waals surface area contributed by atoms with Crippen molar-refractivity contribution in [3.8, 4) is 0 Å². The number of ether oxygens (including phenoxy) is 6. The number of hydrogen-bond acceptors (Lipinski definition) is 11. The Morgan fingerprint density at radius 2 is 1.80 bits per heavy atom. The molecule has 0 saturated carbocycles. The summed E-state index contributed by atoms with van der Waals surface area (Å²) in [7, 11) is 3.01. The molecular weight excluding hydrogens is 601 g/mol. The van der Waals surface area contributed by atoms with E-state index in [-0.39, 0.29) is 89.0 Å². The summed E-state index contributed by atoms with van der Waals surface area (Å²) in [6.07, 6.45) is 1.19. The van der Waals surface area contributed by atoms with Gasteiger partial charge in [-0.3, -0.25) is 4.79 Å². The van der Waals surface area contributed by atoms with Crippen LogP contribution >= 0.6 is 0 Å². The van der Waals surface area contributed by atoms with Gasteiger partial charge in [-0.25, -0.2) is 0 Å². The quantitative estimate of drug-likeness (QED) is 0.112. The van der Waals surface area contributed by atoms with Crippen molar-refractivity contribution in [1.29, 1.82) is 0 Å². The largest absolute Gasteiger partial charge is 1.00 e. The number of methoxy groups -OCH3 is 2. The van der Waals surface area contributed by atoms with Gasteiger partial charge in [0.2, 0.25) is 5.79 Å². The molecule has 0 bridgehead atoms. The molecule has 44 heavy (non-hydrogen) atoms. The molecule has 0 aliphatic carbocycles. The van der Waals surface area contributed by atoms with Crippen molar-refractivity contribution >= 4 is 11.9 Å². The number of carbonyl (C=O) groups excluding carboxylic acids is 2. The van der Waals surface area contributed by atoms with Crippen LogP contribution < -0.4 is 61.8 Å². The van der Waals surface area contributed by atoms with E-state index in [9.17, 15) is 24.9 Å². The fraction of sp³-hybridized carbons (Fsp3) is 0.871. The first-order valence-corrected chi connectivity index (χ1v) is 15.4. The van der Waals surface area contributed by atoms with Crippen LogP contribution in [0, 0.1) is 17.3 Å². The van der Waals surface area contributed by atoms with E-state index in [2.05, 4.69) is 12.2 Å². The number of aliphatic hydroxyl groups is 2. The van der Waals surface area contributed by atoms with Gasteiger partial charge in [0.15, 0.2) is 12.3 Å². The minimum Gasteiger partial charge on any atom is -0.550 e. The van der Waals surface area contributed by atoms with Crippen LogP contribution in [0.2, 0.25) is 0 Å². The second-order valence-corrected chi connectivity index (χ2v) is 12.9. The van der Waals surface area contributed by atoms with Crippen molar-refractivity contribution in [2.24, 2.45) is 17.3 Å². The molecular formula is C31H52KNO11. The Bertz CT molecular complexity index is 938. The SMILES string of the molecule is CO[C@@H]1[C@H]2OCO[C@@H](NC(=O)[C@@H](O)[C@@]3(OC)CC(C)[C@@H](C)[C@@H](C)O3)[C@H]2O[C@H](C[C@H](O)/C=C/CCCCCC(=O)[O-])C1(C)C.[K+]. The molecule has 0 aromatic carbocycles. The van der Waals surface area contributed by atoms with Gasteiger partial charge >= 0.3 is 51.4 Å². The minimum atomic E-state index is -1.62. The third kappa shape index (κ3) is 9.77. The number of hydrogen-bond donors (Lipinski definition) is 3. The summed E-state index contributed by atoms with van der Waals surface area (Å²) in [5, 5.41) is 35.3. The molecule has 3 saturated heterocycles. The summed E-state index contributed by atoms with van der Waals surface area (Å²) in [5.41, 5.74) is -0.569. The summed E-state index contributed by atoms with van der Waals surface area (Å²) in [5.74, 6) is -2.89. The Hall–Kier alpha value is -0.00364. The van der Waals surface area contributed by atoms with Crippen LogP contribution in [0.15, 0.2) is 12.2 Å². The zero-order chi connectivity index (χ0) is 31.9. The molecule has 3 aliphatic rings. The van der Waals surface area contributed by atoms with E-state index in [1.807, 2.05) is 33.8 Å². The monoisotopic (exact) mass is 653 g/mol. The van der Waals surface area contributed by atoms with Gasteiger partial charge in [-0.1, -0.05) is 46.3 Å². The Balaban J connectivity index is 0.00000675. The number of aliphatic hydroxyl groups excluding tert-OH is 2. The molecule has 12 nitrogen and oxygen atoms in total. The predicted molar refractivity (Wildman–Crippen MR) is 153 cm³/mol. The van der Waals surface area contributed by atoms with E-state index in [4.69, 9.17) is 28.4 Å². The smallest absolute Gasteiger partial charge is 0.550 e. The molecule has 0 radical (unpaired) electrons. The standard InChI is InChI=1S/C31H53NO11.K/c1-18-16-31(39-7,43-20(3)19(18)2)26(36)28(37)32-29-25-24(40-17-41-29)27(38-6)30(4,5)22(42-25)15-21(33)13-11-9-8-10-12-14-23(34)35;/h11,13,18-22,24-27,29,33,36H,8-10,12,14-17H2,1-7H3,(H,32,37)(H,34,35);/q;+1/p-1/b13-11+;/t18?,19-,20-,21-,22-,24+,25+,26-,27-,29-,31-;/m1./s1. The van der Waals surface area contributed by atoms with Gasteiger partial charge in [-0.15, -0.1) is 0 Å². The number of nitrogens with one attached hydrogen (secondary N) is 1. The van der Waals surface area contributed by atoms with Gasteiger partial charge in [0.1, 0.15) is 19.0 Å². The fourth-order valence-corrected chi connectivity index (χ4v) is 6.52. The first kappa shape index (κ1) is 40.2. The number of carbonyl (C=O) groups is 2. The van der Waals surface area contributed by atoms with Crippen LogP contribution in [0.5, 0.6) is 0 Å². The van der Waals surface area contributed by atoms with Crippen LogP contribution in [0.25, 0.3) is 0 Å². The van der Waals surface area contributed by atoms with Crippen LogP contribution in [0.1, 0.15) is 79.6 Å². The molecule has 1 unspecified atom stereocenters. The second-order valence-electron chi connectivity index (χ2n) is 12.9. The first-order valence-electron chi connectivity index (χ1n) is 15.4. The third-order valence-corrected chi connectivity index (χ3v) is 9.56. The molecule has 0 spiro atoms. The molecule has 3 heterocycles. The molecule has 3 fully saturated rings. The van der Waals surface area contributed by atoms with Crippen LogP contribution in [-0.2, 0) is 38.0 Å². The van der Waals surface area contributed by atoms with Gasteiger partial charge in [0, 0.05) is 38.4 Å².